The molecule has 0 aromatic carbocycles. The second kappa shape index (κ2) is 5.56. The fourth-order valence-electron chi connectivity index (χ4n) is 2.74. The highest BCUT2D eigenvalue weighted by molar-refractivity contribution is 5.99. The molecule has 1 aromatic rings. The molecule has 0 aliphatic heterocycles. The third kappa shape index (κ3) is 3.31. The van der Waals surface area contributed by atoms with Gasteiger partial charge in [-0.05, 0) is 32.8 Å². The Balaban J connectivity index is 2.02. The van der Waals surface area contributed by atoms with Crippen LogP contribution in [0.15, 0.2) is 6.07 Å². The maximum Gasteiger partial charge on any atom is 0.354 e. The van der Waals surface area contributed by atoms with Gasteiger partial charge < -0.3 is 20.7 Å². The highest BCUT2D eigenvalue weighted by Crippen LogP contribution is 2.27. The zero-order chi connectivity index (χ0) is 14.8. The molecule has 2 amide bonds. The number of hydrogen-bond donors (Lipinski definition) is 4. The second-order valence-corrected chi connectivity index (χ2v) is 5.75. The van der Waals surface area contributed by atoms with Gasteiger partial charge in [0.05, 0.1) is 5.69 Å². The number of carbonyl (C=O) groups is 2. The first kappa shape index (κ1) is 14.4. The van der Waals surface area contributed by atoms with Gasteiger partial charge in [0.2, 0.25) is 0 Å². The van der Waals surface area contributed by atoms with Crippen molar-refractivity contribution in [1.29, 1.82) is 0 Å². The van der Waals surface area contributed by atoms with Crippen LogP contribution < -0.4 is 10.6 Å². The maximum atomic E-state index is 12.0. The highest BCUT2D eigenvalue weighted by Gasteiger charge is 2.28. The normalized spacial score (nSPS) is 17.5. The topological polar surface area (TPSA) is 94.2 Å². The van der Waals surface area contributed by atoms with Crippen LogP contribution >= 0.6 is 0 Å². The zero-order valence-electron chi connectivity index (χ0n) is 11.9. The second-order valence-electron chi connectivity index (χ2n) is 5.75. The number of anilines is 1. The third-order valence-electron chi connectivity index (χ3n) is 3.79. The van der Waals surface area contributed by atoms with Crippen molar-refractivity contribution in [3.8, 4) is 0 Å². The Hall–Kier alpha value is -1.98. The lowest BCUT2D eigenvalue weighted by molar-refractivity contribution is 0.0692. The van der Waals surface area contributed by atoms with Gasteiger partial charge in [-0.1, -0.05) is 19.3 Å². The molecule has 6 heteroatoms. The number of aromatic carboxylic acids is 1. The van der Waals surface area contributed by atoms with Gasteiger partial charge in [0.1, 0.15) is 5.69 Å². The Bertz CT molecular complexity index is 516. The van der Waals surface area contributed by atoms with Crippen molar-refractivity contribution in [3.63, 3.8) is 0 Å². The number of carbonyl (C=O) groups excluding carboxylic acids is 1. The van der Waals surface area contributed by atoms with E-state index in [2.05, 4.69) is 15.6 Å². The number of carboxylic acids is 1. The summed E-state index contributed by atoms with van der Waals surface area (Å²) in [6.45, 7) is 3.78. The van der Waals surface area contributed by atoms with Crippen LogP contribution in [0.2, 0.25) is 0 Å². The van der Waals surface area contributed by atoms with E-state index in [0.717, 1.165) is 25.7 Å². The molecule has 0 radical (unpaired) electrons. The van der Waals surface area contributed by atoms with Crippen molar-refractivity contribution >= 4 is 17.7 Å². The average molecular weight is 279 g/mol. The monoisotopic (exact) mass is 279 g/mol. The quantitative estimate of drug-likeness (QED) is 0.685. The first-order valence-corrected chi connectivity index (χ1v) is 6.92. The summed E-state index contributed by atoms with van der Waals surface area (Å²) in [5.41, 5.74) is 0.803. The Morgan fingerprint density at radius 1 is 1.30 bits per heavy atom. The minimum absolute atomic E-state index is 0.00597. The number of amides is 2. The van der Waals surface area contributed by atoms with Gasteiger partial charge in [-0.15, -0.1) is 0 Å². The molecule has 1 saturated carbocycles. The lowest BCUT2D eigenvalue weighted by atomic mass is 9.83. The standard InChI is InChI=1S/C14H21N3O3/c1-9-8-10(11(15-9)12(18)19)16-13(20)17-14(2)6-4-3-5-7-14/h8,15H,3-7H2,1-2H3,(H,18,19)(H2,16,17,20). The van der Waals surface area contributed by atoms with Gasteiger partial charge in [0.15, 0.2) is 0 Å². The minimum atomic E-state index is -1.09. The number of hydrogen-bond acceptors (Lipinski definition) is 2. The molecule has 20 heavy (non-hydrogen) atoms. The average Bonchev–Trinajstić information content (AvgIpc) is 2.70. The van der Waals surface area contributed by atoms with Crippen molar-refractivity contribution < 1.29 is 14.7 Å². The number of aromatic amines is 1. The van der Waals surface area contributed by atoms with Gasteiger partial charge in [-0.2, -0.15) is 0 Å². The van der Waals surface area contributed by atoms with Crippen LogP contribution in [0.25, 0.3) is 0 Å². The van der Waals surface area contributed by atoms with Gasteiger partial charge >= 0.3 is 12.0 Å². The van der Waals surface area contributed by atoms with E-state index in [9.17, 15) is 9.59 Å². The molecule has 0 unspecified atom stereocenters. The SMILES string of the molecule is Cc1cc(NC(=O)NC2(C)CCCCC2)c(C(=O)O)[nH]1. The molecule has 2 rings (SSSR count). The van der Waals surface area contributed by atoms with Crippen molar-refractivity contribution in [1.82, 2.24) is 10.3 Å². The molecular weight excluding hydrogens is 258 g/mol. The molecular formula is C14H21N3O3. The zero-order valence-corrected chi connectivity index (χ0v) is 11.9. The lowest BCUT2D eigenvalue weighted by Gasteiger charge is -2.34. The van der Waals surface area contributed by atoms with Crippen molar-refractivity contribution in [2.75, 3.05) is 5.32 Å². The molecule has 1 heterocycles. The Labute approximate surface area is 118 Å². The predicted octanol–water partition coefficient (Wildman–Crippen LogP) is 2.87. The molecule has 4 N–H and O–H groups in total. The molecule has 1 aliphatic rings. The van der Waals surface area contributed by atoms with E-state index < -0.39 is 5.97 Å². The summed E-state index contributed by atoms with van der Waals surface area (Å²) in [5, 5.41) is 14.6. The van der Waals surface area contributed by atoms with E-state index in [0.29, 0.717) is 11.4 Å². The first-order chi connectivity index (χ1) is 9.39. The molecule has 0 bridgehead atoms. The van der Waals surface area contributed by atoms with Crippen LogP contribution in [0.4, 0.5) is 10.5 Å². The van der Waals surface area contributed by atoms with Gasteiger partial charge in [0.25, 0.3) is 0 Å². The highest BCUT2D eigenvalue weighted by atomic mass is 16.4. The largest absolute Gasteiger partial charge is 0.477 e. The fraction of sp³-hybridized carbons (Fsp3) is 0.571. The summed E-state index contributed by atoms with van der Waals surface area (Å²) < 4.78 is 0. The van der Waals surface area contributed by atoms with Crippen molar-refractivity contribution in [3.05, 3.63) is 17.5 Å². The van der Waals surface area contributed by atoms with Crippen LogP contribution in [0.1, 0.15) is 55.2 Å². The Morgan fingerprint density at radius 2 is 1.95 bits per heavy atom. The third-order valence-corrected chi connectivity index (χ3v) is 3.79. The fourth-order valence-corrected chi connectivity index (χ4v) is 2.74. The Morgan fingerprint density at radius 3 is 2.55 bits per heavy atom. The molecule has 6 nitrogen and oxygen atoms in total. The summed E-state index contributed by atoms with van der Waals surface area (Å²) in [7, 11) is 0. The lowest BCUT2D eigenvalue weighted by Crippen LogP contribution is -2.49. The van der Waals surface area contributed by atoms with Gasteiger partial charge in [-0.3, -0.25) is 0 Å². The summed E-state index contributed by atoms with van der Waals surface area (Å²) >= 11 is 0. The summed E-state index contributed by atoms with van der Waals surface area (Å²) in [6.07, 6.45) is 5.34. The molecule has 0 saturated heterocycles. The number of nitrogens with one attached hydrogen (secondary N) is 3. The molecule has 110 valence electrons. The van der Waals surface area contributed by atoms with E-state index in [-0.39, 0.29) is 17.3 Å². The maximum absolute atomic E-state index is 12.0. The Kier molecular flexibility index (Phi) is 4.01. The van der Waals surface area contributed by atoms with Crippen LogP contribution in [0, 0.1) is 6.92 Å². The van der Waals surface area contributed by atoms with Crippen LogP contribution in [-0.2, 0) is 0 Å². The smallest absolute Gasteiger partial charge is 0.354 e. The summed E-state index contributed by atoms with van der Waals surface area (Å²) in [5.74, 6) is -1.09. The van der Waals surface area contributed by atoms with Crippen LogP contribution in [-0.4, -0.2) is 27.6 Å². The number of aryl methyl sites for hydroxylation is 1. The number of aromatic nitrogens is 1. The van der Waals surface area contributed by atoms with E-state index >= 15 is 0 Å². The van der Waals surface area contributed by atoms with Crippen LogP contribution in [0.5, 0.6) is 0 Å². The van der Waals surface area contributed by atoms with Crippen LogP contribution in [0.3, 0.4) is 0 Å². The van der Waals surface area contributed by atoms with E-state index in [1.165, 1.54) is 6.42 Å². The summed E-state index contributed by atoms with van der Waals surface area (Å²) in [4.78, 5) is 25.8. The van der Waals surface area contributed by atoms with Gasteiger partial charge in [-0.25, -0.2) is 9.59 Å². The van der Waals surface area contributed by atoms with Crippen molar-refractivity contribution in [2.45, 2.75) is 51.5 Å². The molecule has 0 atom stereocenters. The minimum Gasteiger partial charge on any atom is -0.477 e. The van der Waals surface area contributed by atoms with E-state index in [1.807, 2.05) is 6.92 Å². The first-order valence-electron chi connectivity index (χ1n) is 6.92. The number of carboxylic acid groups (broad SMARTS) is 1. The molecule has 1 aromatic heterocycles. The number of rotatable bonds is 3. The van der Waals surface area contributed by atoms with E-state index in [4.69, 9.17) is 5.11 Å². The number of H-pyrrole nitrogens is 1. The predicted molar refractivity (Wildman–Crippen MR) is 76.1 cm³/mol. The van der Waals surface area contributed by atoms with Crippen molar-refractivity contribution in [2.24, 2.45) is 0 Å². The summed E-state index contributed by atoms with van der Waals surface area (Å²) in [6, 6.07) is 1.27. The van der Waals surface area contributed by atoms with E-state index in [1.54, 1.807) is 13.0 Å². The molecule has 1 aliphatic carbocycles. The molecule has 0 spiro atoms. The van der Waals surface area contributed by atoms with Gasteiger partial charge in [0, 0.05) is 11.2 Å². The number of urea groups is 1. The molecule has 1 fully saturated rings.